The van der Waals surface area contributed by atoms with Crippen molar-refractivity contribution in [2.24, 2.45) is 0 Å². The van der Waals surface area contributed by atoms with Gasteiger partial charge >= 0.3 is 0 Å². The fourth-order valence-electron chi connectivity index (χ4n) is 2.15. The fraction of sp³-hybridized carbons (Fsp3) is 0.235. The fourth-order valence-corrected chi connectivity index (χ4v) is 2.41. The van der Waals surface area contributed by atoms with Crippen LogP contribution >= 0.6 is 15.9 Å². The Morgan fingerprint density at radius 1 is 1.14 bits per heavy atom. The highest BCUT2D eigenvalue weighted by Gasteiger charge is 2.11. The molecule has 1 atom stereocenters. The Morgan fingerprint density at radius 3 is 2.36 bits per heavy atom. The number of rotatable bonds is 6. The molecule has 0 aliphatic rings. The molecular formula is C17H18BrFN2O. The van der Waals surface area contributed by atoms with E-state index >= 15 is 0 Å². The molecule has 22 heavy (non-hydrogen) atoms. The molecule has 0 aliphatic carbocycles. The van der Waals surface area contributed by atoms with Crippen LogP contribution in [0.1, 0.15) is 24.9 Å². The summed E-state index contributed by atoms with van der Waals surface area (Å²) in [6.07, 6.45) is 0.880. The minimum atomic E-state index is -0.322. The smallest absolute Gasteiger partial charge is 0.238 e. The molecule has 2 aromatic rings. The van der Waals surface area contributed by atoms with Gasteiger partial charge in [-0.05, 0) is 48.4 Å². The number of carbonyl (C=O) groups excluding carboxylic acids is 1. The van der Waals surface area contributed by atoms with Crippen molar-refractivity contribution in [2.75, 3.05) is 11.9 Å². The number of hydrogen-bond donors (Lipinski definition) is 2. The first-order valence-corrected chi connectivity index (χ1v) is 7.92. The van der Waals surface area contributed by atoms with Gasteiger partial charge in [-0.3, -0.25) is 4.79 Å². The minimum Gasteiger partial charge on any atom is -0.325 e. The average Bonchev–Trinajstić information content (AvgIpc) is 2.52. The van der Waals surface area contributed by atoms with E-state index in [1.54, 1.807) is 12.1 Å². The summed E-state index contributed by atoms with van der Waals surface area (Å²) in [6.45, 7) is 2.27. The van der Waals surface area contributed by atoms with Gasteiger partial charge in [0.25, 0.3) is 0 Å². The van der Waals surface area contributed by atoms with Gasteiger partial charge in [0.1, 0.15) is 5.82 Å². The third-order valence-corrected chi connectivity index (χ3v) is 3.85. The summed E-state index contributed by atoms with van der Waals surface area (Å²) in [5.74, 6) is -0.473. The first-order chi connectivity index (χ1) is 10.6. The first kappa shape index (κ1) is 16.6. The summed E-state index contributed by atoms with van der Waals surface area (Å²) < 4.78 is 13.8. The highest BCUT2D eigenvalue weighted by Crippen LogP contribution is 2.19. The molecule has 116 valence electrons. The van der Waals surface area contributed by atoms with E-state index in [9.17, 15) is 9.18 Å². The van der Waals surface area contributed by atoms with Crippen molar-refractivity contribution in [1.82, 2.24) is 5.32 Å². The molecule has 3 nitrogen and oxygen atoms in total. The second-order valence-corrected chi connectivity index (χ2v) is 5.86. The molecule has 0 unspecified atom stereocenters. The molecule has 0 aromatic heterocycles. The lowest BCUT2D eigenvalue weighted by Gasteiger charge is -2.17. The van der Waals surface area contributed by atoms with Crippen molar-refractivity contribution in [1.29, 1.82) is 0 Å². The molecule has 0 saturated heterocycles. The molecular weight excluding hydrogens is 347 g/mol. The monoisotopic (exact) mass is 364 g/mol. The molecule has 0 fully saturated rings. The van der Waals surface area contributed by atoms with Crippen molar-refractivity contribution < 1.29 is 9.18 Å². The molecule has 2 N–H and O–H groups in total. The Bertz CT molecular complexity index is 614. The summed E-state index contributed by atoms with van der Waals surface area (Å²) in [5, 5.41) is 5.97. The highest BCUT2D eigenvalue weighted by molar-refractivity contribution is 9.10. The van der Waals surface area contributed by atoms with Crippen molar-refractivity contribution in [3.8, 4) is 0 Å². The summed E-state index contributed by atoms with van der Waals surface area (Å²) >= 11 is 3.41. The first-order valence-electron chi connectivity index (χ1n) is 7.12. The van der Waals surface area contributed by atoms with Gasteiger partial charge in [0.05, 0.1) is 6.54 Å². The van der Waals surface area contributed by atoms with Crippen LogP contribution < -0.4 is 10.6 Å². The van der Waals surface area contributed by atoms with Crippen LogP contribution in [-0.4, -0.2) is 12.5 Å². The van der Waals surface area contributed by atoms with Crippen LogP contribution in [0.2, 0.25) is 0 Å². The van der Waals surface area contributed by atoms with E-state index in [-0.39, 0.29) is 24.3 Å². The SMILES string of the molecule is CC[C@H](NCC(=O)Nc1ccc(F)cc1)c1ccc(Br)cc1. The van der Waals surface area contributed by atoms with Crippen molar-refractivity contribution in [2.45, 2.75) is 19.4 Å². The molecule has 0 radical (unpaired) electrons. The summed E-state index contributed by atoms with van der Waals surface area (Å²) in [5.41, 5.74) is 1.73. The van der Waals surface area contributed by atoms with Crippen molar-refractivity contribution in [3.05, 3.63) is 64.4 Å². The molecule has 2 aromatic carbocycles. The van der Waals surface area contributed by atoms with E-state index in [0.717, 1.165) is 16.5 Å². The van der Waals surface area contributed by atoms with Gasteiger partial charge in [0.2, 0.25) is 5.91 Å². The predicted octanol–water partition coefficient (Wildman–Crippen LogP) is 4.27. The van der Waals surface area contributed by atoms with Gasteiger partial charge in [-0.2, -0.15) is 0 Å². The van der Waals surface area contributed by atoms with Crippen LogP contribution in [0.25, 0.3) is 0 Å². The molecule has 0 heterocycles. The second kappa shape index (κ2) is 8.06. The van der Waals surface area contributed by atoms with Gasteiger partial charge in [0.15, 0.2) is 0 Å². The lowest BCUT2D eigenvalue weighted by molar-refractivity contribution is -0.115. The Hall–Kier alpha value is -1.72. The van der Waals surface area contributed by atoms with Crippen LogP contribution in [0.15, 0.2) is 53.0 Å². The van der Waals surface area contributed by atoms with E-state index in [1.807, 2.05) is 24.3 Å². The van der Waals surface area contributed by atoms with Crippen LogP contribution in [0.5, 0.6) is 0 Å². The molecule has 0 bridgehead atoms. The largest absolute Gasteiger partial charge is 0.325 e. The van der Waals surface area contributed by atoms with Crippen molar-refractivity contribution >= 4 is 27.5 Å². The number of nitrogens with one attached hydrogen (secondary N) is 2. The van der Waals surface area contributed by atoms with Crippen LogP contribution in [0.3, 0.4) is 0 Å². The average molecular weight is 365 g/mol. The zero-order valence-corrected chi connectivity index (χ0v) is 13.9. The third-order valence-electron chi connectivity index (χ3n) is 3.32. The van der Waals surface area contributed by atoms with Crippen LogP contribution in [0.4, 0.5) is 10.1 Å². The van der Waals surface area contributed by atoms with E-state index in [1.165, 1.54) is 12.1 Å². The normalized spacial score (nSPS) is 12.0. The number of carbonyl (C=O) groups is 1. The molecule has 1 amide bonds. The van der Waals surface area contributed by atoms with E-state index in [2.05, 4.69) is 33.5 Å². The minimum absolute atomic E-state index is 0.118. The molecule has 0 saturated carbocycles. The van der Waals surface area contributed by atoms with Crippen LogP contribution in [0, 0.1) is 5.82 Å². The lowest BCUT2D eigenvalue weighted by atomic mass is 10.0. The second-order valence-electron chi connectivity index (χ2n) is 4.95. The van der Waals surface area contributed by atoms with Crippen LogP contribution in [-0.2, 0) is 4.79 Å². The Balaban J connectivity index is 1.88. The highest BCUT2D eigenvalue weighted by atomic mass is 79.9. The maximum absolute atomic E-state index is 12.8. The predicted molar refractivity (Wildman–Crippen MR) is 90.2 cm³/mol. The maximum atomic E-state index is 12.8. The zero-order valence-electron chi connectivity index (χ0n) is 12.3. The van der Waals surface area contributed by atoms with E-state index < -0.39 is 0 Å². The zero-order chi connectivity index (χ0) is 15.9. The maximum Gasteiger partial charge on any atom is 0.238 e. The topological polar surface area (TPSA) is 41.1 Å². The Kier molecular flexibility index (Phi) is 6.10. The lowest BCUT2D eigenvalue weighted by Crippen LogP contribution is -2.31. The molecule has 0 spiro atoms. The number of halogens is 2. The van der Waals surface area contributed by atoms with E-state index in [0.29, 0.717) is 5.69 Å². The third kappa shape index (κ3) is 4.93. The molecule has 2 rings (SSSR count). The van der Waals surface area contributed by atoms with Gasteiger partial charge < -0.3 is 10.6 Å². The number of hydrogen-bond acceptors (Lipinski definition) is 2. The number of benzene rings is 2. The number of amides is 1. The number of anilines is 1. The van der Waals surface area contributed by atoms with Gasteiger partial charge in [-0.1, -0.05) is 35.0 Å². The standard InChI is InChI=1S/C17H18BrFN2O/c1-2-16(12-3-5-13(18)6-4-12)20-11-17(22)21-15-9-7-14(19)8-10-15/h3-10,16,20H,2,11H2,1H3,(H,21,22)/t16-/m0/s1. The van der Waals surface area contributed by atoms with Gasteiger partial charge in [-0.15, -0.1) is 0 Å². The molecule has 0 aliphatic heterocycles. The van der Waals surface area contributed by atoms with Crippen molar-refractivity contribution in [3.63, 3.8) is 0 Å². The summed E-state index contributed by atoms with van der Waals surface area (Å²) in [6, 6.07) is 13.9. The van der Waals surface area contributed by atoms with Gasteiger partial charge in [-0.25, -0.2) is 4.39 Å². The summed E-state index contributed by atoms with van der Waals surface area (Å²) in [4.78, 5) is 11.9. The molecule has 5 heteroatoms. The van der Waals surface area contributed by atoms with Gasteiger partial charge in [0, 0.05) is 16.2 Å². The summed E-state index contributed by atoms with van der Waals surface area (Å²) in [7, 11) is 0. The van der Waals surface area contributed by atoms with E-state index in [4.69, 9.17) is 0 Å². The quantitative estimate of drug-likeness (QED) is 0.803. The Labute approximate surface area is 138 Å². The Morgan fingerprint density at radius 2 is 1.77 bits per heavy atom.